The SMILES string of the molecule is C[C@](O)(CNS(=O)(=O)C1CC1)c1cc2ccccc2s1. The Labute approximate surface area is 122 Å². The molecule has 2 aromatic rings. The lowest BCUT2D eigenvalue weighted by molar-refractivity contribution is 0.0666. The zero-order valence-corrected chi connectivity index (χ0v) is 12.8. The summed E-state index contributed by atoms with van der Waals surface area (Å²) in [5.41, 5.74) is -1.19. The minimum Gasteiger partial charge on any atom is -0.383 e. The van der Waals surface area contributed by atoms with Crippen molar-refractivity contribution in [2.75, 3.05) is 6.54 Å². The van der Waals surface area contributed by atoms with Crippen molar-refractivity contribution >= 4 is 31.4 Å². The molecule has 1 heterocycles. The van der Waals surface area contributed by atoms with E-state index in [1.165, 1.54) is 11.3 Å². The van der Waals surface area contributed by atoms with E-state index in [4.69, 9.17) is 0 Å². The molecule has 1 aliphatic carbocycles. The summed E-state index contributed by atoms with van der Waals surface area (Å²) in [5.74, 6) is 0. The third kappa shape index (κ3) is 2.74. The molecular formula is C14H17NO3S2. The topological polar surface area (TPSA) is 66.4 Å². The molecule has 1 atom stereocenters. The fourth-order valence-corrected chi connectivity index (χ4v) is 4.65. The van der Waals surface area contributed by atoms with Crippen LogP contribution in [0.15, 0.2) is 30.3 Å². The van der Waals surface area contributed by atoms with Crippen LogP contribution in [0.4, 0.5) is 0 Å². The first-order chi connectivity index (χ1) is 9.38. The van der Waals surface area contributed by atoms with Crippen LogP contribution in [-0.4, -0.2) is 25.3 Å². The summed E-state index contributed by atoms with van der Waals surface area (Å²) >= 11 is 1.49. The van der Waals surface area contributed by atoms with Gasteiger partial charge >= 0.3 is 0 Å². The van der Waals surface area contributed by atoms with E-state index in [1.54, 1.807) is 6.92 Å². The van der Waals surface area contributed by atoms with Gasteiger partial charge in [0.05, 0.1) is 5.25 Å². The van der Waals surface area contributed by atoms with Crippen LogP contribution >= 0.6 is 11.3 Å². The number of sulfonamides is 1. The number of nitrogens with one attached hydrogen (secondary N) is 1. The Kier molecular flexibility index (Phi) is 3.36. The molecule has 1 fully saturated rings. The molecule has 0 saturated heterocycles. The lowest BCUT2D eigenvalue weighted by Crippen LogP contribution is -2.39. The average Bonchev–Trinajstić information content (AvgIpc) is 3.16. The first kappa shape index (κ1) is 14.0. The Morgan fingerprint density at radius 1 is 1.40 bits per heavy atom. The lowest BCUT2D eigenvalue weighted by Gasteiger charge is -2.22. The average molecular weight is 311 g/mol. The normalized spacial score (nSPS) is 19.1. The van der Waals surface area contributed by atoms with E-state index in [-0.39, 0.29) is 11.8 Å². The minimum atomic E-state index is -3.26. The van der Waals surface area contributed by atoms with E-state index in [1.807, 2.05) is 30.3 Å². The molecule has 1 aromatic carbocycles. The third-order valence-electron chi connectivity index (χ3n) is 3.54. The number of benzene rings is 1. The Morgan fingerprint density at radius 3 is 2.75 bits per heavy atom. The highest BCUT2D eigenvalue weighted by molar-refractivity contribution is 7.90. The van der Waals surface area contributed by atoms with Crippen LogP contribution in [0.2, 0.25) is 0 Å². The van der Waals surface area contributed by atoms with E-state index < -0.39 is 15.6 Å². The van der Waals surface area contributed by atoms with Crippen molar-refractivity contribution in [2.45, 2.75) is 30.6 Å². The van der Waals surface area contributed by atoms with Gasteiger partial charge in [0.15, 0.2) is 0 Å². The van der Waals surface area contributed by atoms with Gasteiger partial charge in [0.25, 0.3) is 0 Å². The fraction of sp³-hybridized carbons (Fsp3) is 0.429. The predicted molar refractivity (Wildman–Crippen MR) is 81.3 cm³/mol. The van der Waals surface area contributed by atoms with Crippen molar-refractivity contribution in [1.29, 1.82) is 0 Å². The molecule has 0 radical (unpaired) electrons. The van der Waals surface area contributed by atoms with Gasteiger partial charge in [0.1, 0.15) is 5.60 Å². The van der Waals surface area contributed by atoms with Crippen LogP contribution in [0.5, 0.6) is 0 Å². The molecule has 6 heteroatoms. The molecule has 0 amide bonds. The Bertz CT molecular complexity index is 697. The van der Waals surface area contributed by atoms with E-state index in [2.05, 4.69) is 4.72 Å². The summed E-state index contributed by atoms with van der Waals surface area (Å²) in [5, 5.41) is 11.3. The highest BCUT2D eigenvalue weighted by Crippen LogP contribution is 2.33. The second-order valence-electron chi connectivity index (χ2n) is 5.49. The number of hydrogen-bond acceptors (Lipinski definition) is 4. The largest absolute Gasteiger partial charge is 0.383 e. The molecule has 1 aliphatic rings. The van der Waals surface area contributed by atoms with E-state index >= 15 is 0 Å². The van der Waals surface area contributed by atoms with Gasteiger partial charge in [-0.3, -0.25) is 0 Å². The van der Waals surface area contributed by atoms with Crippen molar-refractivity contribution in [3.05, 3.63) is 35.2 Å². The quantitative estimate of drug-likeness (QED) is 0.889. The minimum absolute atomic E-state index is 0.0126. The van der Waals surface area contributed by atoms with Crippen LogP contribution in [-0.2, 0) is 15.6 Å². The van der Waals surface area contributed by atoms with Crippen molar-refractivity contribution < 1.29 is 13.5 Å². The van der Waals surface area contributed by atoms with Crippen molar-refractivity contribution in [3.8, 4) is 0 Å². The molecule has 0 bridgehead atoms. The number of hydrogen-bond donors (Lipinski definition) is 2. The first-order valence-electron chi connectivity index (χ1n) is 6.58. The molecule has 1 aromatic heterocycles. The van der Waals surface area contributed by atoms with E-state index in [0.717, 1.165) is 27.8 Å². The maximum atomic E-state index is 11.8. The highest BCUT2D eigenvalue weighted by Gasteiger charge is 2.37. The summed E-state index contributed by atoms with van der Waals surface area (Å²) in [6.45, 7) is 1.66. The zero-order chi connectivity index (χ0) is 14.4. The number of thiophene rings is 1. The Hall–Kier alpha value is -0.950. The summed E-state index contributed by atoms with van der Waals surface area (Å²) < 4.78 is 27.3. The van der Waals surface area contributed by atoms with E-state index in [9.17, 15) is 13.5 Å². The van der Waals surface area contributed by atoms with Crippen molar-refractivity contribution in [3.63, 3.8) is 0 Å². The number of fused-ring (bicyclic) bond motifs is 1. The molecule has 108 valence electrons. The van der Waals surface area contributed by atoms with E-state index in [0.29, 0.717) is 0 Å². The lowest BCUT2D eigenvalue weighted by atomic mass is 10.1. The molecule has 20 heavy (non-hydrogen) atoms. The molecule has 0 unspecified atom stereocenters. The second kappa shape index (κ2) is 4.80. The predicted octanol–water partition coefficient (Wildman–Crippen LogP) is 2.19. The second-order valence-corrected chi connectivity index (χ2v) is 8.62. The van der Waals surface area contributed by atoms with Crippen LogP contribution < -0.4 is 4.72 Å². The standard InChI is InChI=1S/C14H17NO3S2/c1-14(16,9-15-20(17,18)11-6-7-11)13-8-10-4-2-3-5-12(10)19-13/h2-5,8,11,15-16H,6-7,9H2,1H3/t14-/m0/s1. The van der Waals surface area contributed by atoms with Gasteiger partial charge in [-0.15, -0.1) is 11.3 Å². The van der Waals surface area contributed by atoms with Crippen molar-refractivity contribution in [1.82, 2.24) is 4.72 Å². The van der Waals surface area contributed by atoms with Crippen LogP contribution in [0, 0.1) is 0 Å². The van der Waals surface area contributed by atoms with Gasteiger partial charge in [0.2, 0.25) is 10.0 Å². The molecular weight excluding hydrogens is 294 g/mol. The van der Waals surface area contributed by atoms with Gasteiger partial charge in [-0.05, 0) is 37.3 Å². The molecule has 1 saturated carbocycles. The molecule has 4 nitrogen and oxygen atoms in total. The molecule has 3 rings (SSSR count). The van der Waals surface area contributed by atoms with Crippen molar-refractivity contribution in [2.24, 2.45) is 0 Å². The van der Waals surface area contributed by atoms with Gasteiger partial charge in [-0.25, -0.2) is 13.1 Å². The maximum Gasteiger partial charge on any atom is 0.214 e. The van der Waals surface area contributed by atoms with Gasteiger partial charge in [-0.2, -0.15) is 0 Å². The summed E-state index contributed by atoms with van der Waals surface area (Å²) in [6.07, 6.45) is 1.45. The Morgan fingerprint density at radius 2 is 2.10 bits per heavy atom. The molecule has 0 aliphatic heterocycles. The first-order valence-corrected chi connectivity index (χ1v) is 8.95. The fourth-order valence-electron chi connectivity index (χ4n) is 2.07. The van der Waals surface area contributed by atoms with Gasteiger partial charge in [0, 0.05) is 16.1 Å². The monoisotopic (exact) mass is 311 g/mol. The summed E-state index contributed by atoms with van der Waals surface area (Å²) in [4.78, 5) is 0.775. The molecule has 2 N–H and O–H groups in total. The molecule has 0 spiro atoms. The zero-order valence-electron chi connectivity index (χ0n) is 11.2. The van der Waals surface area contributed by atoms with Gasteiger partial charge < -0.3 is 5.11 Å². The summed E-state index contributed by atoms with van der Waals surface area (Å²) in [7, 11) is -3.26. The third-order valence-corrected chi connectivity index (χ3v) is 6.80. The number of rotatable bonds is 5. The maximum absolute atomic E-state index is 11.8. The smallest absolute Gasteiger partial charge is 0.214 e. The van der Waals surface area contributed by atoms with Gasteiger partial charge in [-0.1, -0.05) is 18.2 Å². The Balaban J connectivity index is 1.80. The summed E-state index contributed by atoms with van der Waals surface area (Å²) in [6, 6.07) is 9.80. The van der Waals surface area contributed by atoms with Crippen LogP contribution in [0.1, 0.15) is 24.6 Å². The van der Waals surface area contributed by atoms with Crippen LogP contribution in [0.25, 0.3) is 10.1 Å². The number of aliphatic hydroxyl groups is 1. The van der Waals surface area contributed by atoms with Crippen LogP contribution in [0.3, 0.4) is 0 Å². The highest BCUT2D eigenvalue weighted by atomic mass is 32.2.